The topological polar surface area (TPSA) is 47.4 Å². The van der Waals surface area contributed by atoms with Crippen LogP contribution in [0.4, 0.5) is 0 Å². The molecule has 0 saturated carbocycles. The van der Waals surface area contributed by atoms with Gasteiger partial charge in [-0.15, -0.1) is 0 Å². The van der Waals surface area contributed by atoms with Crippen molar-refractivity contribution >= 4 is 5.91 Å². The lowest BCUT2D eigenvalue weighted by Crippen LogP contribution is -2.41. The normalized spacial score (nSPS) is 23.7. The van der Waals surface area contributed by atoms with Gasteiger partial charge in [-0.2, -0.15) is 5.10 Å². The van der Waals surface area contributed by atoms with Crippen molar-refractivity contribution in [3.63, 3.8) is 0 Å². The summed E-state index contributed by atoms with van der Waals surface area (Å²) in [6.07, 6.45) is 6.00. The number of rotatable bonds is 4. The first-order valence-corrected chi connectivity index (χ1v) is 8.18. The molecule has 1 amide bonds. The standard InChI is InChI=1S/C16H25N3O2/c1-2-8-19-15(3-7-17-19)13-4-9-18(10-5-13)16(20)14-6-11-21-12-14/h3,7,13-14H,2,4-6,8-12H2,1H3/t14-/m0/s1. The number of carbonyl (C=O) groups excluding carboxylic acids is 1. The molecule has 3 heterocycles. The lowest BCUT2D eigenvalue weighted by molar-refractivity contribution is -0.136. The highest BCUT2D eigenvalue weighted by Crippen LogP contribution is 2.29. The molecule has 2 aliphatic heterocycles. The molecule has 1 aromatic rings. The van der Waals surface area contributed by atoms with E-state index in [1.807, 2.05) is 11.1 Å². The van der Waals surface area contributed by atoms with Gasteiger partial charge in [0, 0.05) is 44.0 Å². The van der Waals surface area contributed by atoms with Crippen LogP contribution >= 0.6 is 0 Å². The Morgan fingerprint density at radius 1 is 1.38 bits per heavy atom. The van der Waals surface area contributed by atoms with Crippen LogP contribution in [0.15, 0.2) is 12.3 Å². The molecule has 0 radical (unpaired) electrons. The number of nitrogens with zero attached hydrogens (tertiary/aromatic N) is 3. The third kappa shape index (κ3) is 3.12. The maximum atomic E-state index is 12.4. The molecular weight excluding hydrogens is 266 g/mol. The molecule has 0 aliphatic carbocycles. The molecule has 0 unspecified atom stereocenters. The lowest BCUT2D eigenvalue weighted by Gasteiger charge is -2.33. The second-order valence-electron chi connectivity index (χ2n) is 6.14. The van der Waals surface area contributed by atoms with Gasteiger partial charge in [-0.25, -0.2) is 0 Å². The van der Waals surface area contributed by atoms with Crippen molar-refractivity contribution in [1.82, 2.24) is 14.7 Å². The number of amides is 1. The predicted octanol–water partition coefficient (Wildman–Crippen LogP) is 2.04. The Bertz CT molecular complexity index is 472. The van der Waals surface area contributed by atoms with Crippen LogP contribution in [0.3, 0.4) is 0 Å². The van der Waals surface area contributed by atoms with Crippen molar-refractivity contribution < 1.29 is 9.53 Å². The highest BCUT2D eigenvalue weighted by atomic mass is 16.5. The molecule has 116 valence electrons. The number of ether oxygens (including phenoxy) is 1. The summed E-state index contributed by atoms with van der Waals surface area (Å²) in [5.41, 5.74) is 1.34. The van der Waals surface area contributed by atoms with Crippen LogP contribution in [-0.2, 0) is 16.1 Å². The maximum Gasteiger partial charge on any atom is 0.228 e. The number of hydrogen-bond acceptors (Lipinski definition) is 3. The first kappa shape index (κ1) is 14.6. The fraction of sp³-hybridized carbons (Fsp3) is 0.750. The van der Waals surface area contributed by atoms with Gasteiger partial charge in [0.25, 0.3) is 0 Å². The van der Waals surface area contributed by atoms with E-state index in [2.05, 4.69) is 22.8 Å². The van der Waals surface area contributed by atoms with E-state index < -0.39 is 0 Å². The van der Waals surface area contributed by atoms with Gasteiger partial charge in [-0.3, -0.25) is 9.48 Å². The van der Waals surface area contributed by atoms with Gasteiger partial charge in [0.2, 0.25) is 5.91 Å². The molecule has 2 fully saturated rings. The van der Waals surface area contributed by atoms with Gasteiger partial charge in [0.15, 0.2) is 0 Å². The summed E-state index contributed by atoms with van der Waals surface area (Å²) in [6, 6.07) is 2.14. The van der Waals surface area contributed by atoms with Gasteiger partial charge < -0.3 is 9.64 Å². The average molecular weight is 291 g/mol. The number of likely N-dealkylation sites (tertiary alicyclic amines) is 1. The van der Waals surface area contributed by atoms with Crippen molar-refractivity contribution in [2.75, 3.05) is 26.3 Å². The highest BCUT2D eigenvalue weighted by molar-refractivity contribution is 5.79. The molecule has 1 aromatic heterocycles. The second kappa shape index (κ2) is 6.60. The number of aromatic nitrogens is 2. The van der Waals surface area contributed by atoms with Crippen molar-refractivity contribution in [3.8, 4) is 0 Å². The molecule has 2 saturated heterocycles. The molecule has 0 spiro atoms. The summed E-state index contributed by atoms with van der Waals surface area (Å²) in [5.74, 6) is 0.947. The Hall–Kier alpha value is -1.36. The Balaban J connectivity index is 1.57. The van der Waals surface area contributed by atoms with Crippen LogP contribution in [0.2, 0.25) is 0 Å². The van der Waals surface area contributed by atoms with E-state index in [4.69, 9.17) is 4.74 Å². The van der Waals surface area contributed by atoms with E-state index in [1.165, 1.54) is 5.69 Å². The zero-order valence-electron chi connectivity index (χ0n) is 12.8. The van der Waals surface area contributed by atoms with Crippen LogP contribution in [0.25, 0.3) is 0 Å². The first-order chi connectivity index (χ1) is 10.3. The minimum absolute atomic E-state index is 0.104. The second-order valence-corrected chi connectivity index (χ2v) is 6.14. The predicted molar refractivity (Wildman–Crippen MR) is 80.0 cm³/mol. The molecule has 5 heteroatoms. The van der Waals surface area contributed by atoms with Crippen molar-refractivity contribution in [2.45, 2.75) is 45.1 Å². The van der Waals surface area contributed by atoms with E-state index in [-0.39, 0.29) is 5.92 Å². The summed E-state index contributed by atoms with van der Waals surface area (Å²) < 4.78 is 7.46. The zero-order chi connectivity index (χ0) is 14.7. The van der Waals surface area contributed by atoms with Crippen LogP contribution < -0.4 is 0 Å². The van der Waals surface area contributed by atoms with Crippen molar-refractivity contribution in [3.05, 3.63) is 18.0 Å². The molecule has 2 aliphatic rings. The van der Waals surface area contributed by atoms with Crippen molar-refractivity contribution in [2.24, 2.45) is 5.92 Å². The summed E-state index contributed by atoms with van der Waals surface area (Å²) in [5, 5.41) is 4.42. The molecular formula is C16H25N3O2. The largest absolute Gasteiger partial charge is 0.381 e. The summed E-state index contributed by atoms with van der Waals surface area (Å²) >= 11 is 0. The van der Waals surface area contributed by atoms with E-state index in [0.29, 0.717) is 18.4 Å². The van der Waals surface area contributed by atoms with Gasteiger partial charge in [0.1, 0.15) is 0 Å². The Labute approximate surface area is 126 Å². The van der Waals surface area contributed by atoms with Crippen LogP contribution in [0.1, 0.15) is 44.2 Å². The molecule has 0 bridgehead atoms. The maximum absolute atomic E-state index is 12.4. The average Bonchev–Trinajstić information content (AvgIpc) is 3.19. The van der Waals surface area contributed by atoms with Crippen LogP contribution in [0, 0.1) is 5.92 Å². The van der Waals surface area contributed by atoms with Gasteiger partial charge in [0.05, 0.1) is 12.5 Å². The third-order valence-electron chi connectivity index (χ3n) is 4.69. The quantitative estimate of drug-likeness (QED) is 0.853. The Morgan fingerprint density at radius 3 is 2.86 bits per heavy atom. The van der Waals surface area contributed by atoms with Gasteiger partial charge in [-0.1, -0.05) is 6.92 Å². The Kier molecular flexibility index (Phi) is 4.58. The Morgan fingerprint density at radius 2 is 2.19 bits per heavy atom. The SMILES string of the molecule is CCCn1nccc1C1CCN(C(=O)[C@H]2CCOC2)CC1. The molecule has 1 atom stereocenters. The van der Waals surface area contributed by atoms with Gasteiger partial charge in [-0.05, 0) is 31.7 Å². The van der Waals surface area contributed by atoms with Gasteiger partial charge >= 0.3 is 0 Å². The highest BCUT2D eigenvalue weighted by Gasteiger charge is 2.31. The minimum atomic E-state index is 0.104. The molecule has 3 rings (SSSR count). The van der Waals surface area contributed by atoms with E-state index in [1.54, 1.807) is 0 Å². The monoisotopic (exact) mass is 291 g/mol. The fourth-order valence-corrected chi connectivity index (χ4v) is 3.47. The van der Waals surface area contributed by atoms with Crippen molar-refractivity contribution in [1.29, 1.82) is 0 Å². The van der Waals surface area contributed by atoms with E-state index in [9.17, 15) is 4.79 Å². The van der Waals surface area contributed by atoms with Crippen LogP contribution in [0.5, 0.6) is 0 Å². The molecule has 21 heavy (non-hydrogen) atoms. The number of carbonyl (C=O) groups is 1. The summed E-state index contributed by atoms with van der Waals surface area (Å²) in [7, 11) is 0. The van der Waals surface area contributed by atoms with E-state index in [0.717, 1.165) is 51.9 Å². The zero-order valence-corrected chi connectivity index (χ0v) is 12.8. The number of hydrogen-bond donors (Lipinski definition) is 0. The lowest BCUT2D eigenvalue weighted by atomic mass is 9.92. The van der Waals surface area contributed by atoms with E-state index >= 15 is 0 Å². The summed E-state index contributed by atoms with van der Waals surface area (Å²) in [6.45, 7) is 6.26. The van der Waals surface area contributed by atoms with Crippen LogP contribution in [-0.4, -0.2) is 46.9 Å². The first-order valence-electron chi connectivity index (χ1n) is 8.18. The molecule has 0 aromatic carbocycles. The molecule has 0 N–H and O–H groups in total. The smallest absolute Gasteiger partial charge is 0.228 e. The number of aryl methyl sites for hydroxylation is 1. The third-order valence-corrected chi connectivity index (χ3v) is 4.69. The summed E-state index contributed by atoms with van der Waals surface area (Å²) in [4.78, 5) is 14.4. The minimum Gasteiger partial charge on any atom is -0.381 e. The fourth-order valence-electron chi connectivity index (χ4n) is 3.47. The molecule has 5 nitrogen and oxygen atoms in total. The number of piperidine rings is 1.